The monoisotopic (exact) mass is 575 g/mol. The summed E-state index contributed by atoms with van der Waals surface area (Å²) in [5.74, 6) is 1.93. The van der Waals surface area contributed by atoms with Crippen LogP contribution in [0.4, 0.5) is 0 Å². The van der Waals surface area contributed by atoms with Crippen molar-refractivity contribution in [3.8, 4) is 45.3 Å². The molecule has 0 atom stereocenters. The van der Waals surface area contributed by atoms with Crippen molar-refractivity contribution in [1.82, 2.24) is 15.0 Å². The molecule has 4 nitrogen and oxygen atoms in total. The zero-order chi connectivity index (χ0) is 29.7. The first kappa shape index (κ1) is 25.4. The van der Waals surface area contributed by atoms with Gasteiger partial charge in [0.15, 0.2) is 17.5 Å². The predicted octanol–water partition coefficient (Wildman–Crippen LogP) is 10.7. The van der Waals surface area contributed by atoms with E-state index in [0.717, 1.165) is 55.1 Å². The molecule has 4 heteroatoms. The Balaban J connectivity index is 1.24. The average molecular weight is 576 g/mol. The third kappa shape index (κ3) is 4.35. The van der Waals surface area contributed by atoms with Gasteiger partial charge in [-0.2, -0.15) is 0 Å². The molecule has 45 heavy (non-hydrogen) atoms. The Bertz CT molecular complexity index is 2480. The topological polar surface area (TPSA) is 51.8 Å². The van der Waals surface area contributed by atoms with Crippen LogP contribution in [0.2, 0.25) is 0 Å². The van der Waals surface area contributed by atoms with E-state index in [2.05, 4.69) is 72.8 Å². The fourth-order valence-corrected chi connectivity index (χ4v) is 6.30. The lowest BCUT2D eigenvalue weighted by Gasteiger charge is -2.13. The minimum atomic E-state index is 0.639. The Morgan fingerprint density at radius 3 is 1.67 bits per heavy atom. The highest BCUT2D eigenvalue weighted by atomic mass is 16.3. The second-order valence-electron chi connectivity index (χ2n) is 11.3. The normalized spacial score (nSPS) is 11.6. The van der Waals surface area contributed by atoms with E-state index in [1.807, 2.05) is 78.9 Å². The minimum absolute atomic E-state index is 0.639. The summed E-state index contributed by atoms with van der Waals surface area (Å²) in [6, 6.07) is 52.3. The summed E-state index contributed by atoms with van der Waals surface area (Å²) in [6.07, 6.45) is 0. The number of fused-ring (bicyclic) bond motifs is 6. The number of aromatic nitrogens is 3. The molecule has 0 radical (unpaired) electrons. The molecule has 9 rings (SSSR count). The first-order chi connectivity index (χ1) is 22.3. The molecule has 0 aliphatic rings. The first-order valence-electron chi connectivity index (χ1n) is 15.0. The van der Waals surface area contributed by atoms with Crippen molar-refractivity contribution in [2.75, 3.05) is 0 Å². The van der Waals surface area contributed by atoms with Gasteiger partial charge in [-0.3, -0.25) is 0 Å². The SMILES string of the molecule is c1ccc(-c2nc(-c3ccccc3)nc(-c3ccccc3-c3ccc4ccc5cc6c(cc5c4c3)oc3ccccc36)n2)cc1. The summed E-state index contributed by atoms with van der Waals surface area (Å²) in [5.41, 5.74) is 6.81. The molecule has 9 aromatic rings. The highest BCUT2D eigenvalue weighted by Gasteiger charge is 2.16. The summed E-state index contributed by atoms with van der Waals surface area (Å²) in [7, 11) is 0. The van der Waals surface area contributed by atoms with Crippen molar-refractivity contribution in [2.45, 2.75) is 0 Å². The number of benzene rings is 7. The number of nitrogens with zero attached hydrogens (tertiary/aromatic N) is 3. The van der Waals surface area contributed by atoms with E-state index in [0.29, 0.717) is 17.5 Å². The predicted molar refractivity (Wildman–Crippen MR) is 184 cm³/mol. The van der Waals surface area contributed by atoms with E-state index in [1.54, 1.807) is 0 Å². The summed E-state index contributed by atoms with van der Waals surface area (Å²) in [6.45, 7) is 0. The highest BCUT2D eigenvalue weighted by molar-refractivity contribution is 6.16. The minimum Gasteiger partial charge on any atom is -0.456 e. The van der Waals surface area contributed by atoms with Gasteiger partial charge >= 0.3 is 0 Å². The molecule has 0 bridgehead atoms. The van der Waals surface area contributed by atoms with Gasteiger partial charge in [-0.15, -0.1) is 0 Å². The molecule has 0 saturated carbocycles. The van der Waals surface area contributed by atoms with Crippen molar-refractivity contribution < 1.29 is 4.42 Å². The molecule has 0 aliphatic carbocycles. The van der Waals surface area contributed by atoms with Gasteiger partial charge in [0.1, 0.15) is 11.2 Å². The van der Waals surface area contributed by atoms with Gasteiger partial charge in [-0.1, -0.05) is 127 Å². The first-order valence-corrected chi connectivity index (χ1v) is 15.0. The van der Waals surface area contributed by atoms with Crippen molar-refractivity contribution >= 4 is 43.5 Å². The third-order valence-corrected chi connectivity index (χ3v) is 8.51. The fourth-order valence-electron chi connectivity index (χ4n) is 6.30. The van der Waals surface area contributed by atoms with Gasteiger partial charge in [0.05, 0.1) is 0 Å². The van der Waals surface area contributed by atoms with E-state index >= 15 is 0 Å². The summed E-state index contributed by atoms with van der Waals surface area (Å²) < 4.78 is 6.27. The molecule has 0 spiro atoms. The van der Waals surface area contributed by atoms with Crippen LogP contribution in [0.3, 0.4) is 0 Å². The molecule has 210 valence electrons. The van der Waals surface area contributed by atoms with E-state index in [-0.39, 0.29) is 0 Å². The Morgan fingerprint density at radius 2 is 0.911 bits per heavy atom. The van der Waals surface area contributed by atoms with Gasteiger partial charge in [0.25, 0.3) is 0 Å². The van der Waals surface area contributed by atoms with Crippen LogP contribution >= 0.6 is 0 Å². The second kappa shape index (κ2) is 10.2. The van der Waals surface area contributed by atoms with Crippen LogP contribution < -0.4 is 0 Å². The van der Waals surface area contributed by atoms with Gasteiger partial charge in [-0.05, 0) is 56.9 Å². The van der Waals surface area contributed by atoms with E-state index in [9.17, 15) is 0 Å². The zero-order valence-electron chi connectivity index (χ0n) is 24.2. The zero-order valence-corrected chi connectivity index (χ0v) is 24.2. The van der Waals surface area contributed by atoms with Crippen molar-refractivity contribution in [1.29, 1.82) is 0 Å². The smallest absolute Gasteiger partial charge is 0.164 e. The van der Waals surface area contributed by atoms with Crippen LogP contribution in [0.1, 0.15) is 0 Å². The molecular formula is C41H25N3O. The summed E-state index contributed by atoms with van der Waals surface area (Å²) in [5, 5.41) is 6.97. The lowest BCUT2D eigenvalue weighted by atomic mass is 9.94. The van der Waals surface area contributed by atoms with Crippen molar-refractivity contribution in [3.05, 3.63) is 152 Å². The number of hydrogen-bond acceptors (Lipinski definition) is 4. The van der Waals surface area contributed by atoms with Gasteiger partial charge < -0.3 is 4.42 Å². The average Bonchev–Trinajstić information content (AvgIpc) is 3.48. The molecule has 0 saturated heterocycles. The summed E-state index contributed by atoms with van der Waals surface area (Å²) in [4.78, 5) is 14.9. The lowest BCUT2D eigenvalue weighted by Crippen LogP contribution is -2.01. The van der Waals surface area contributed by atoms with Crippen LogP contribution in [0.15, 0.2) is 156 Å². The Labute approximate surface area is 259 Å². The molecule has 0 amide bonds. The molecule has 0 fully saturated rings. The van der Waals surface area contributed by atoms with Crippen LogP contribution in [0.25, 0.3) is 88.8 Å². The number of furan rings is 1. The number of rotatable bonds is 4. The Morgan fingerprint density at radius 1 is 0.333 bits per heavy atom. The van der Waals surface area contributed by atoms with E-state index in [1.165, 1.54) is 16.2 Å². The van der Waals surface area contributed by atoms with Crippen molar-refractivity contribution in [2.24, 2.45) is 0 Å². The standard InChI is InChI=1S/C41H25N3O/c1-3-11-27(12-4-1)39-42-40(28-13-5-2-6-14-28)44-41(43-39)33-17-8-7-15-31(33)29-21-19-26-20-22-30-24-36-32-16-9-10-18-37(32)45-38(36)25-35(30)34(26)23-29/h1-25H. The largest absolute Gasteiger partial charge is 0.456 e. The van der Waals surface area contributed by atoms with Crippen LogP contribution in [0, 0.1) is 0 Å². The highest BCUT2D eigenvalue weighted by Crippen LogP contribution is 2.38. The van der Waals surface area contributed by atoms with Crippen LogP contribution in [0.5, 0.6) is 0 Å². The maximum Gasteiger partial charge on any atom is 0.164 e. The second-order valence-corrected chi connectivity index (χ2v) is 11.3. The van der Waals surface area contributed by atoms with Gasteiger partial charge in [0.2, 0.25) is 0 Å². The lowest BCUT2D eigenvalue weighted by molar-refractivity contribution is 0.669. The third-order valence-electron chi connectivity index (χ3n) is 8.51. The Kier molecular flexibility index (Phi) is 5.78. The molecule has 7 aromatic carbocycles. The summed E-state index contributed by atoms with van der Waals surface area (Å²) >= 11 is 0. The van der Waals surface area contributed by atoms with E-state index < -0.39 is 0 Å². The maximum absolute atomic E-state index is 6.27. The van der Waals surface area contributed by atoms with Crippen LogP contribution in [-0.2, 0) is 0 Å². The quantitative estimate of drug-likeness (QED) is 0.196. The van der Waals surface area contributed by atoms with E-state index in [4.69, 9.17) is 19.4 Å². The molecular weight excluding hydrogens is 550 g/mol. The fraction of sp³-hybridized carbons (Fsp3) is 0. The molecule has 2 aromatic heterocycles. The Hall–Kier alpha value is -6.13. The molecule has 0 unspecified atom stereocenters. The molecule has 0 N–H and O–H groups in total. The van der Waals surface area contributed by atoms with Crippen LogP contribution in [-0.4, -0.2) is 15.0 Å². The van der Waals surface area contributed by atoms with Crippen molar-refractivity contribution in [3.63, 3.8) is 0 Å². The molecule has 0 aliphatic heterocycles. The number of hydrogen-bond donors (Lipinski definition) is 0. The van der Waals surface area contributed by atoms with Gasteiger partial charge in [-0.25, -0.2) is 15.0 Å². The maximum atomic E-state index is 6.27. The van der Waals surface area contributed by atoms with Gasteiger partial charge in [0, 0.05) is 27.5 Å². The molecule has 2 heterocycles. The number of para-hydroxylation sites is 1.